The molecule has 0 unspecified atom stereocenters. The summed E-state index contributed by atoms with van der Waals surface area (Å²) in [7, 11) is 0. The zero-order chi connectivity index (χ0) is 16.5. The fraction of sp³-hybridized carbons (Fsp3) is 0. The molecule has 0 bridgehead atoms. The van der Waals surface area contributed by atoms with Crippen molar-refractivity contribution < 1.29 is 17.0 Å². The van der Waals surface area contributed by atoms with Crippen molar-refractivity contribution in [2.45, 2.75) is 0 Å². The van der Waals surface area contributed by atoms with Crippen molar-refractivity contribution >= 4 is 22.5 Å². The molecule has 0 aliphatic heterocycles. The Morgan fingerprint density at radius 1 is 0.880 bits per heavy atom. The van der Waals surface area contributed by atoms with Crippen molar-refractivity contribution in [1.82, 2.24) is 4.98 Å². The molecule has 0 aliphatic rings. The van der Waals surface area contributed by atoms with Gasteiger partial charge in [0.25, 0.3) is 5.69 Å². The fourth-order valence-electron chi connectivity index (χ4n) is 2.95. The van der Waals surface area contributed by atoms with Gasteiger partial charge in [0.15, 0.2) is 12.4 Å². The second-order valence-electron chi connectivity index (χ2n) is 5.52. The van der Waals surface area contributed by atoms with E-state index >= 15 is 0 Å². The van der Waals surface area contributed by atoms with Gasteiger partial charge in [-0.15, -0.1) is 0 Å². The van der Waals surface area contributed by atoms with Crippen LogP contribution < -0.4 is 22.5 Å². The van der Waals surface area contributed by atoms with Crippen LogP contribution in [-0.4, -0.2) is 4.98 Å². The summed E-state index contributed by atoms with van der Waals surface area (Å²) >= 11 is 6.22. The lowest BCUT2D eigenvalue weighted by Crippen LogP contribution is -3.00. The lowest BCUT2D eigenvalue weighted by Gasteiger charge is -2.09. The molecular weight excluding hydrogens is 355 g/mol. The highest BCUT2D eigenvalue weighted by molar-refractivity contribution is 6.31. The van der Waals surface area contributed by atoms with E-state index in [-0.39, 0.29) is 18.0 Å². The number of rotatable bonds is 2. The van der Waals surface area contributed by atoms with Gasteiger partial charge in [-0.3, -0.25) is 4.79 Å². The van der Waals surface area contributed by atoms with Gasteiger partial charge in [-0.25, -0.2) is 0 Å². The molecule has 0 fully saturated rings. The predicted octanol–water partition coefficient (Wildman–Crippen LogP) is 1.13. The van der Waals surface area contributed by atoms with Crippen molar-refractivity contribution in [3.05, 3.63) is 94.5 Å². The fourth-order valence-corrected chi connectivity index (χ4v) is 3.12. The summed E-state index contributed by atoms with van der Waals surface area (Å²) in [4.78, 5) is 15.8. The normalized spacial score (nSPS) is 10.4. The molecule has 4 aromatic rings. The summed E-state index contributed by atoms with van der Waals surface area (Å²) in [6.45, 7) is 0. The third kappa shape index (κ3) is 3.16. The van der Waals surface area contributed by atoms with Gasteiger partial charge in [0.05, 0.1) is 5.56 Å². The number of halogens is 2. The van der Waals surface area contributed by atoms with E-state index in [0.717, 1.165) is 22.0 Å². The van der Waals surface area contributed by atoms with Gasteiger partial charge in [0.2, 0.25) is 0 Å². The zero-order valence-electron chi connectivity index (χ0n) is 13.1. The minimum Gasteiger partial charge on any atom is -1.00 e. The van der Waals surface area contributed by atoms with E-state index in [0.29, 0.717) is 10.7 Å². The molecule has 3 nitrogen and oxygen atoms in total. The Morgan fingerprint density at radius 3 is 2.28 bits per heavy atom. The summed E-state index contributed by atoms with van der Waals surface area (Å²) < 4.78 is 1.83. The number of nitrogens with one attached hydrogen (secondary N) is 1. The molecule has 0 saturated carbocycles. The van der Waals surface area contributed by atoms with Crippen LogP contribution in [0.4, 0.5) is 0 Å². The molecular formula is C20H14Cl2N2O. The average Bonchev–Trinajstić information content (AvgIpc) is 2.62. The number of nitrogens with zero attached hydrogens (tertiary/aromatic N) is 1. The van der Waals surface area contributed by atoms with Crippen LogP contribution >= 0.6 is 11.6 Å². The van der Waals surface area contributed by atoms with Crippen molar-refractivity contribution in [2.24, 2.45) is 0 Å². The Morgan fingerprint density at radius 2 is 1.56 bits per heavy atom. The maximum Gasteiger partial charge on any atom is 0.321 e. The van der Waals surface area contributed by atoms with Crippen LogP contribution in [0.1, 0.15) is 0 Å². The van der Waals surface area contributed by atoms with E-state index in [4.69, 9.17) is 11.6 Å². The summed E-state index contributed by atoms with van der Waals surface area (Å²) in [5.74, 6) is 0. The van der Waals surface area contributed by atoms with Crippen LogP contribution in [0.2, 0.25) is 5.02 Å². The quantitative estimate of drug-likeness (QED) is 0.529. The second kappa shape index (κ2) is 7.09. The number of benzene rings is 2. The van der Waals surface area contributed by atoms with E-state index in [1.165, 1.54) is 0 Å². The molecule has 0 radical (unpaired) electrons. The van der Waals surface area contributed by atoms with Crippen molar-refractivity contribution in [1.29, 1.82) is 0 Å². The Balaban J connectivity index is 0.00000182. The zero-order valence-corrected chi connectivity index (χ0v) is 14.6. The van der Waals surface area contributed by atoms with Crippen LogP contribution in [0.15, 0.2) is 83.9 Å². The third-order valence-electron chi connectivity index (χ3n) is 3.99. The van der Waals surface area contributed by atoms with E-state index in [1.807, 2.05) is 77.6 Å². The Bertz CT molecular complexity index is 1080. The molecule has 4 rings (SSSR count). The number of hydrogen-bond acceptors (Lipinski definition) is 1. The van der Waals surface area contributed by atoms with Crippen molar-refractivity contribution in [3.63, 3.8) is 0 Å². The van der Waals surface area contributed by atoms with Gasteiger partial charge in [-0.1, -0.05) is 48.0 Å². The lowest BCUT2D eigenvalue weighted by molar-refractivity contribution is -0.596. The lowest BCUT2D eigenvalue weighted by atomic mass is 9.99. The minimum atomic E-state index is -0.139. The summed E-state index contributed by atoms with van der Waals surface area (Å²) in [5, 5.41) is 1.55. The Kier molecular flexibility index (Phi) is 4.88. The topological polar surface area (TPSA) is 36.7 Å². The van der Waals surface area contributed by atoms with Gasteiger partial charge in [-0.2, -0.15) is 4.57 Å². The molecule has 0 amide bonds. The Hall–Kier alpha value is -2.62. The standard InChI is InChI=1S/C20H13ClN2O.ClH/c21-15-9-10-17-16(13-15)18(14-7-3-1-4-8-14)19(20(24)22-17)23-11-5-2-6-12-23;/h1-13H;1H. The van der Waals surface area contributed by atoms with Gasteiger partial charge >= 0.3 is 5.56 Å². The van der Waals surface area contributed by atoms with E-state index < -0.39 is 0 Å². The Labute approximate surface area is 155 Å². The minimum absolute atomic E-state index is 0. The molecule has 2 aromatic carbocycles. The highest BCUT2D eigenvalue weighted by Gasteiger charge is 2.22. The first-order chi connectivity index (χ1) is 11.7. The predicted molar refractivity (Wildman–Crippen MR) is 96.5 cm³/mol. The van der Waals surface area contributed by atoms with Crippen molar-refractivity contribution in [3.8, 4) is 16.8 Å². The van der Waals surface area contributed by atoms with Crippen LogP contribution in [0.5, 0.6) is 0 Å². The number of pyridine rings is 2. The van der Waals surface area contributed by atoms with Gasteiger partial charge < -0.3 is 17.4 Å². The summed E-state index contributed by atoms with van der Waals surface area (Å²) in [6, 6.07) is 21.1. The summed E-state index contributed by atoms with van der Waals surface area (Å²) in [6.07, 6.45) is 3.74. The molecule has 0 spiro atoms. The number of aromatic amines is 1. The molecule has 124 valence electrons. The average molecular weight is 369 g/mol. The third-order valence-corrected chi connectivity index (χ3v) is 4.22. The van der Waals surface area contributed by atoms with Gasteiger partial charge in [0, 0.05) is 28.1 Å². The molecule has 0 atom stereocenters. The van der Waals surface area contributed by atoms with Crippen molar-refractivity contribution in [2.75, 3.05) is 0 Å². The van der Waals surface area contributed by atoms with Gasteiger partial charge in [0.1, 0.15) is 0 Å². The number of H-pyrrole nitrogens is 1. The van der Waals surface area contributed by atoms with E-state index in [9.17, 15) is 4.79 Å². The highest BCUT2D eigenvalue weighted by atomic mass is 35.5. The molecule has 0 saturated heterocycles. The highest BCUT2D eigenvalue weighted by Crippen LogP contribution is 2.31. The maximum absolute atomic E-state index is 12.8. The maximum atomic E-state index is 12.8. The molecule has 2 aromatic heterocycles. The SMILES string of the molecule is O=c1[nH]c2ccc(Cl)cc2c(-c2ccccc2)c1-[n+]1ccccc1.[Cl-]. The first kappa shape index (κ1) is 17.2. The first-order valence-electron chi connectivity index (χ1n) is 7.62. The van der Waals surface area contributed by atoms with Crippen LogP contribution in [0.25, 0.3) is 27.7 Å². The van der Waals surface area contributed by atoms with Crippen LogP contribution in [0.3, 0.4) is 0 Å². The largest absolute Gasteiger partial charge is 1.00 e. The van der Waals surface area contributed by atoms with Crippen LogP contribution in [0, 0.1) is 0 Å². The molecule has 1 N–H and O–H groups in total. The molecule has 25 heavy (non-hydrogen) atoms. The molecule has 0 aliphatic carbocycles. The second-order valence-corrected chi connectivity index (χ2v) is 5.95. The monoisotopic (exact) mass is 368 g/mol. The number of aromatic nitrogens is 2. The number of hydrogen-bond donors (Lipinski definition) is 1. The van der Waals surface area contributed by atoms with Crippen LogP contribution in [-0.2, 0) is 0 Å². The number of fused-ring (bicyclic) bond motifs is 1. The van der Waals surface area contributed by atoms with Gasteiger partial charge in [-0.05, 0) is 23.8 Å². The smallest absolute Gasteiger partial charge is 0.321 e. The van der Waals surface area contributed by atoms with E-state index in [2.05, 4.69) is 4.98 Å². The van der Waals surface area contributed by atoms with E-state index in [1.54, 1.807) is 6.07 Å². The summed E-state index contributed by atoms with van der Waals surface area (Å²) in [5.41, 5.74) is 3.05. The molecule has 2 heterocycles. The molecule has 5 heteroatoms. The first-order valence-corrected chi connectivity index (χ1v) is 7.99.